The number of hydrogen-bond donors (Lipinski definition) is 3. The highest BCUT2D eigenvalue weighted by Gasteiger charge is 2.19. The largest absolute Gasteiger partial charge is 0.444 e. The average Bonchev–Trinajstić information content (AvgIpc) is 2.47. The molecule has 0 unspecified atom stereocenters. The van der Waals surface area contributed by atoms with Crippen LogP contribution in [-0.4, -0.2) is 26.9 Å². The van der Waals surface area contributed by atoms with Crippen LogP contribution in [0.1, 0.15) is 39.6 Å². The third kappa shape index (κ3) is 3.76. The Morgan fingerprint density at radius 2 is 2.19 bits per heavy atom. The SMILES string of the molecule is C[C@H](NC(=O)OC(C)(C)C)c1nc(N)n[nH]1. The van der Waals surface area contributed by atoms with Gasteiger partial charge in [-0.2, -0.15) is 4.98 Å². The molecule has 0 bridgehead atoms. The van der Waals surface area contributed by atoms with Crippen molar-refractivity contribution < 1.29 is 9.53 Å². The van der Waals surface area contributed by atoms with Crippen LogP contribution in [0.5, 0.6) is 0 Å². The summed E-state index contributed by atoms with van der Waals surface area (Å²) in [5.41, 5.74) is 4.83. The zero-order valence-electron chi connectivity index (χ0n) is 9.87. The standard InChI is InChI=1S/C9H17N5O2/c1-5(6-12-7(10)14-13-6)11-8(15)16-9(2,3)4/h5H,1-4H3,(H,11,15)(H3,10,12,13,14)/t5-/m0/s1. The Bertz CT molecular complexity index is 368. The first kappa shape index (κ1) is 12.3. The lowest BCUT2D eigenvalue weighted by Crippen LogP contribution is -2.34. The zero-order valence-corrected chi connectivity index (χ0v) is 9.87. The molecular weight excluding hydrogens is 210 g/mol. The molecule has 7 heteroatoms. The maximum absolute atomic E-state index is 11.4. The van der Waals surface area contributed by atoms with Gasteiger partial charge in [0.25, 0.3) is 0 Å². The number of alkyl carbamates (subject to hydrolysis) is 1. The van der Waals surface area contributed by atoms with Crippen molar-refractivity contribution in [3.8, 4) is 0 Å². The molecule has 1 aromatic heterocycles. The van der Waals surface area contributed by atoms with Crippen molar-refractivity contribution in [2.45, 2.75) is 39.3 Å². The van der Waals surface area contributed by atoms with Gasteiger partial charge in [-0.3, -0.25) is 5.10 Å². The highest BCUT2D eigenvalue weighted by Crippen LogP contribution is 2.10. The van der Waals surface area contributed by atoms with Gasteiger partial charge in [-0.1, -0.05) is 0 Å². The molecule has 4 N–H and O–H groups in total. The maximum Gasteiger partial charge on any atom is 0.408 e. The van der Waals surface area contributed by atoms with E-state index in [0.717, 1.165) is 0 Å². The second-order valence-electron chi connectivity index (χ2n) is 4.45. The lowest BCUT2D eigenvalue weighted by Gasteiger charge is -2.21. The Morgan fingerprint density at radius 1 is 1.56 bits per heavy atom. The van der Waals surface area contributed by atoms with E-state index in [0.29, 0.717) is 5.82 Å². The smallest absolute Gasteiger partial charge is 0.408 e. The number of carbonyl (C=O) groups is 1. The van der Waals surface area contributed by atoms with Crippen molar-refractivity contribution in [1.82, 2.24) is 20.5 Å². The minimum Gasteiger partial charge on any atom is -0.444 e. The lowest BCUT2D eigenvalue weighted by atomic mass is 10.2. The molecule has 0 aromatic carbocycles. The molecule has 90 valence electrons. The number of nitrogen functional groups attached to an aromatic ring is 1. The molecule has 7 nitrogen and oxygen atoms in total. The topological polar surface area (TPSA) is 106 Å². The van der Waals surface area contributed by atoms with E-state index in [-0.39, 0.29) is 12.0 Å². The third-order valence-corrected chi connectivity index (χ3v) is 1.66. The van der Waals surface area contributed by atoms with Crippen LogP contribution in [0.15, 0.2) is 0 Å². The van der Waals surface area contributed by atoms with Crippen molar-refractivity contribution in [2.75, 3.05) is 5.73 Å². The van der Waals surface area contributed by atoms with Crippen LogP contribution in [0, 0.1) is 0 Å². The van der Waals surface area contributed by atoms with E-state index in [1.807, 2.05) is 0 Å². The predicted molar refractivity (Wildman–Crippen MR) is 58.6 cm³/mol. The molecule has 1 heterocycles. The van der Waals surface area contributed by atoms with Gasteiger partial charge < -0.3 is 15.8 Å². The van der Waals surface area contributed by atoms with Gasteiger partial charge in [0, 0.05) is 0 Å². The minimum absolute atomic E-state index is 0.146. The van der Waals surface area contributed by atoms with Crippen molar-refractivity contribution in [3.63, 3.8) is 0 Å². The summed E-state index contributed by atoms with van der Waals surface area (Å²) in [5.74, 6) is 0.635. The number of nitrogens with two attached hydrogens (primary N) is 1. The third-order valence-electron chi connectivity index (χ3n) is 1.66. The summed E-state index contributed by atoms with van der Waals surface area (Å²) in [6.45, 7) is 7.14. The van der Waals surface area contributed by atoms with Crippen LogP contribution in [0.3, 0.4) is 0 Å². The molecule has 0 saturated carbocycles. The molecule has 1 rings (SSSR count). The zero-order chi connectivity index (χ0) is 12.3. The van der Waals surface area contributed by atoms with Crippen LogP contribution in [0.2, 0.25) is 0 Å². The van der Waals surface area contributed by atoms with Crippen molar-refractivity contribution in [1.29, 1.82) is 0 Å². The maximum atomic E-state index is 11.4. The van der Waals surface area contributed by atoms with Crippen LogP contribution < -0.4 is 11.1 Å². The van der Waals surface area contributed by atoms with Crippen LogP contribution in [0.4, 0.5) is 10.7 Å². The van der Waals surface area contributed by atoms with Gasteiger partial charge in [0.2, 0.25) is 5.95 Å². The number of rotatable bonds is 2. The fourth-order valence-corrected chi connectivity index (χ4v) is 1.03. The van der Waals surface area contributed by atoms with Gasteiger partial charge >= 0.3 is 6.09 Å². The molecule has 0 saturated heterocycles. The molecule has 0 aliphatic heterocycles. The molecule has 0 aliphatic carbocycles. The first-order chi connectivity index (χ1) is 7.28. The van der Waals surface area contributed by atoms with Gasteiger partial charge in [0.15, 0.2) is 0 Å². The molecule has 0 aliphatic rings. The quantitative estimate of drug-likeness (QED) is 0.698. The van der Waals surface area contributed by atoms with Gasteiger partial charge in [-0.25, -0.2) is 4.79 Å². The number of ether oxygens (including phenoxy) is 1. The molecule has 0 fully saturated rings. The Hall–Kier alpha value is -1.79. The van der Waals surface area contributed by atoms with E-state index in [4.69, 9.17) is 10.5 Å². The van der Waals surface area contributed by atoms with Crippen molar-refractivity contribution in [2.24, 2.45) is 0 Å². The van der Waals surface area contributed by atoms with E-state index in [9.17, 15) is 4.79 Å². The average molecular weight is 227 g/mol. The number of nitrogens with one attached hydrogen (secondary N) is 2. The molecule has 0 spiro atoms. The predicted octanol–water partition coefficient (Wildman–Crippen LogP) is 0.973. The number of aromatic nitrogens is 3. The number of amides is 1. The summed E-state index contributed by atoms with van der Waals surface area (Å²) < 4.78 is 5.09. The fourth-order valence-electron chi connectivity index (χ4n) is 1.03. The number of carbonyl (C=O) groups excluding carboxylic acids is 1. The van der Waals surface area contributed by atoms with E-state index >= 15 is 0 Å². The highest BCUT2D eigenvalue weighted by molar-refractivity contribution is 5.68. The highest BCUT2D eigenvalue weighted by atomic mass is 16.6. The van der Waals surface area contributed by atoms with Gasteiger partial charge in [0.05, 0.1) is 6.04 Å². The molecule has 16 heavy (non-hydrogen) atoms. The minimum atomic E-state index is -0.524. The van der Waals surface area contributed by atoms with Crippen LogP contribution in [-0.2, 0) is 4.74 Å². The van der Waals surface area contributed by atoms with Gasteiger partial charge in [-0.05, 0) is 27.7 Å². The second-order valence-corrected chi connectivity index (χ2v) is 4.45. The van der Waals surface area contributed by atoms with Crippen molar-refractivity contribution >= 4 is 12.0 Å². The van der Waals surface area contributed by atoms with Gasteiger partial charge in [0.1, 0.15) is 11.4 Å². The van der Waals surface area contributed by atoms with E-state index in [1.54, 1.807) is 27.7 Å². The Morgan fingerprint density at radius 3 is 2.62 bits per heavy atom. The number of nitrogens with zero attached hydrogens (tertiary/aromatic N) is 2. The number of hydrogen-bond acceptors (Lipinski definition) is 5. The molecule has 1 atom stereocenters. The summed E-state index contributed by atoms with van der Waals surface area (Å²) in [6, 6.07) is -0.334. The fraction of sp³-hybridized carbons (Fsp3) is 0.667. The normalized spacial score (nSPS) is 13.2. The Labute approximate surface area is 93.8 Å². The summed E-state index contributed by atoms with van der Waals surface area (Å²) in [4.78, 5) is 15.3. The summed E-state index contributed by atoms with van der Waals surface area (Å²) in [5, 5.41) is 8.90. The lowest BCUT2D eigenvalue weighted by molar-refractivity contribution is 0.0506. The number of aromatic amines is 1. The van der Waals surface area contributed by atoms with Crippen LogP contribution in [0.25, 0.3) is 0 Å². The van der Waals surface area contributed by atoms with Crippen LogP contribution >= 0.6 is 0 Å². The Kier molecular flexibility index (Phi) is 3.36. The Balaban J connectivity index is 2.52. The first-order valence-electron chi connectivity index (χ1n) is 4.95. The monoisotopic (exact) mass is 227 g/mol. The van der Waals surface area contributed by atoms with Crippen molar-refractivity contribution in [3.05, 3.63) is 5.82 Å². The summed E-state index contributed by atoms with van der Waals surface area (Å²) >= 11 is 0. The second kappa shape index (κ2) is 4.38. The molecule has 0 radical (unpaired) electrons. The molecule has 1 amide bonds. The molecular formula is C9H17N5O2. The summed E-state index contributed by atoms with van der Waals surface area (Å²) in [7, 11) is 0. The summed E-state index contributed by atoms with van der Waals surface area (Å²) in [6.07, 6.45) is -0.505. The molecule has 1 aromatic rings. The number of anilines is 1. The van der Waals surface area contributed by atoms with E-state index in [1.165, 1.54) is 0 Å². The van der Waals surface area contributed by atoms with E-state index in [2.05, 4.69) is 20.5 Å². The van der Waals surface area contributed by atoms with Gasteiger partial charge in [-0.15, -0.1) is 5.10 Å². The first-order valence-corrected chi connectivity index (χ1v) is 4.95. The number of H-pyrrole nitrogens is 1. The van der Waals surface area contributed by atoms with E-state index < -0.39 is 11.7 Å².